The van der Waals surface area contributed by atoms with Gasteiger partial charge in [-0.2, -0.15) is 0 Å². The largest absolute Gasteiger partial charge is 0.509 e. The Morgan fingerprint density at radius 2 is 1.62 bits per heavy atom. The predicted molar refractivity (Wildman–Crippen MR) is 110 cm³/mol. The minimum atomic E-state index is -0.377. The van der Waals surface area contributed by atoms with Gasteiger partial charge in [0.2, 0.25) is 0 Å². The molecule has 0 atom stereocenters. The normalized spacial score (nSPS) is 11.2. The molecule has 0 aliphatic carbocycles. The van der Waals surface area contributed by atoms with Crippen molar-refractivity contribution in [2.45, 2.75) is 13.3 Å². The van der Waals surface area contributed by atoms with E-state index in [0.29, 0.717) is 26.7 Å². The molecule has 6 radical (unpaired) electrons. The number of furan rings is 1. The summed E-state index contributed by atoms with van der Waals surface area (Å²) in [6, 6.07) is 2.98. The van der Waals surface area contributed by atoms with Gasteiger partial charge in [-0.05, 0) is 49.5 Å². The molecule has 2 aromatic carbocycles. The highest BCUT2D eigenvalue weighted by Gasteiger charge is 2.26. The number of rotatable bonds is 3. The minimum Gasteiger partial charge on any atom is -0.509 e. The lowest BCUT2D eigenvalue weighted by molar-refractivity contribution is 0.103. The molecular weight excluding hydrogens is 460 g/mol. The summed E-state index contributed by atoms with van der Waals surface area (Å²) in [5.74, 6) is -0.403. The molecule has 124 valence electrons. The van der Waals surface area contributed by atoms with E-state index in [1.54, 1.807) is 0 Å². The van der Waals surface area contributed by atoms with E-state index in [-0.39, 0.29) is 50.2 Å². The van der Waals surface area contributed by atoms with Crippen LogP contribution in [0.1, 0.15) is 28.6 Å². The number of carbonyl (C=O) groups excluding carboxylic acids is 1. The molecule has 0 unspecified atom stereocenters. The van der Waals surface area contributed by atoms with E-state index in [9.17, 15) is 15.0 Å². The zero-order chi connectivity index (χ0) is 19.3. The summed E-state index contributed by atoms with van der Waals surface area (Å²) in [6.07, 6.45) is 0.399. The second-order valence-electron chi connectivity index (χ2n) is 5.67. The van der Waals surface area contributed by atoms with Crippen LogP contribution >= 0.6 is 31.9 Å². The van der Waals surface area contributed by atoms with E-state index in [2.05, 4.69) is 31.9 Å². The number of carbonyl (C=O) groups is 1. The number of ketones is 1. The number of benzene rings is 2. The van der Waals surface area contributed by atoms with E-state index in [0.717, 1.165) is 0 Å². The Kier molecular flexibility index (Phi) is 5.05. The Morgan fingerprint density at radius 3 is 2.15 bits per heavy atom. The number of aryl methyl sites for hydroxylation is 1. The average molecular weight is 469 g/mol. The van der Waals surface area contributed by atoms with Crippen LogP contribution in [0.3, 0.4) is 0 Å². The molecule has 0 saturated carbocycles. The van der Waals surface area contributed by atoms with E-state index < -0.39 is 0 Å². The van der Waals surface area contributed by atoms with Crippen LogP contribution < -0.4 is 16.4 Å². The first kappa shape index (κ1) is 19.2. The third kappa shape index (κ3) is 2.81. The Hall–Kier alpha value is -1.60. The van der Waals surface area contributed by atoms with Gasteiger partial charge in [0.1, 0.15) is 46.4 Å². The van der Waals surface area contributed by atoms with E-state index >= 15 is 0 Å². The summed E-state index contributed by atoms with van der Waals surface area (Å²) in [4.78, 5) is 13.2. The number of hydrogen-bond acceptors (Lipinski definition) is 4. The summed E-state index contributed by atoms with van der Waals surface area (Å²) in [7, 11) is 17.8. The first-order valence-electron chi connectivity index (χ1n) is 7.52. The molecule has 0 saturated heterocycles. The van der Waals surface area contributed by atoms with Gasteiger partial charge in [-0.15, -0.1) is 0 Å². The molecule has 0 fully saturated rings. The topological polar surface area (TPSA) is 70.7 Å². The van der Waals surface area contributed by atoms with Gasteiger partial charge in [-0.3, -0.25) is 4.79 Å². The van der Waals surface area contributed by atoms with Gasteiger partial charge < -0.3 is 14.6 Å². The maximum atomic E-state index is 13.2. The summed E-state index contributed by atoms with van der Waals surface area (Å²) in [6.45, 7) is 1.81. The van der Waals surface area contributed by atoms with Crippen molar-refractivity contribution in [1.82, 2.24) is 0 Å². The monoisotopic (exact) mass is 468 g/mol. The fourth-order valence-electron chi connectivity index (χ4n) is 2.77. The van der Waals surface area contributed by atoms with Crippen LogP contribution in [0.15, 0.2) is 25.5 Å². The van der Waals surface area contributed by atoms with Gasteiger partial charge >= 0.3 is 0 Å². The fourth-order valence-corrected chi connectivity index (χ4v) is 3.96. The van der Waals surface area contributed by atoms with Crippen molar-refractivity contribution in [3.63, 3.8) is 0 Å². The van der Waals surface area contributed by atoms with Crippen LogP contribution in [0.4, 0.5) is 0 Å². The number of halogens is 2. The van der Waals surface area contributed by atoms with Crippen LogP contribution in [0, 0.1) is 0 Å². The Labute approximate surface area is 170 Å². The number of phenolic OH excluding ortho intramolecular Hbond substituents is 2. The Balaban J connectivity index is 2.36. The maximum absolute atomic E-state index is 13.2. The zero-order valence-electron chi connectivity index (χ0n) is 13.6. The van der Waals surface area contributed by atoms with Crippen molar-refractivity contribution in [1.29, 1.82) is 0 Å². The van der Waals surface area contributed by atoms with Gasteiger partial charge in [-0.25, -0.2) is 0 Å². The summed E-state index contributed by atoms with van der Waals surface area (Å²) < 4.78 is 6.41. The first-order valence-corrected chi connectivity index (χ1v) is 9.10. The quantitative estimate of drug-likeness (QED) is 0.451. The molecule has 4 nitrogen and oxygen atoms in total. The molecule has 3 rings (SSSR count). The average Bonchev–Trinajstić information content (AvgIpc) is 3.01. The molecule has 26 heavy (non-hydrogen) atoms. The van der Waals surface area contributed by atoms with Crippen LogP contribution in [-0.4, -0.2) is 39.5 Å². The van der Waals surface area contributed by atoms with Gasteiger partial charge in [0.15, 0.2) is 5.78 Å². The second-order valence-corrected chi connectivity index (χ2v) is 7.37. The molecule has 0 aliphatic heterocycles. The van der Waals surface area contributed by atoms with E-state index in [1.165, 1.54) is 12.1 Å². The SMILES string of the molecule is [B]c1c(O)c([B])c2oc(CC)c(C(=O)c3cc(Br)c(O)c(Br)c3)c2c1[B]. The number of fused-ring (bicyclic) bond motifs is 1. The minimum absolute atomic E-state index is 0.0211. The van der Waals surface area contributed by atoms with Crippen molar-refractivity contribution in [3.05, 3.63) is 38.0 Å². The molecular formula is C17H9B3Br2O4. The Morgan fingerprint density at radius 1 is 1.04 bits per heavy atom. The lowest BCUT2D eigenvalue weighted by Gasteiger charge is -2.11. The first-order chi connectivity index (χ1) is 12.2. The van der Waals surface area contributed by atoms with Gasteiger partial charge in [0.05, 0.1) is 14.5 Å². The third-order valence-electron chi connectivity index (χ3n) is 4.12. The summed E-state index contributed by atoms with van der Waals surface area (Å²) in [5.41, 5.74) is 0.474. The summed E-state index contributed by atoms with van der Waals surface area (Å²) in [5, 5.41) is 20.1. The van der Waals surface area contributed by atoms with Crippen molar-refractivity contribution >= 4 is 88.5 Å². The molecule has 3 aromatic rings. The number of phenols is 2. The van der Waals surface area contributed by atoms with Crippen LogP contribution in [0.25, 0.3) is 11.0 Å². The smallest absolute Gasteiger partial charge is 0.197 e. The van der Waals surface area contributed by atoms with Crippen LogP contribution in [0.2, 0.25) is 0 Å². The molecule has 0 bridgehead atoms. The van der Waals surface area contributed by atoms with Crippen LogP contribution in [0.5, 0.6) is 11.5 Å². The standard InChI is InChI=1S/C17H9B3Br2O4/c1-2-8-9(14(23)5-3-6(21)15(24)7(22)4-5)10-11(18)12(19)16(25)13(20)17(10)26-8/h3-4,24-25H,2H2,1H3. The fraction of sp³-hybridized carbons (Fsp3) is 0.118. The van der Waals surface area contributed by atoms with Crippen molar-refractivity contribution in [2.24, 2.45) is 0 Å². The molecule has 9 heteroatoms. The van der Waals surface area contributed by atoms with Crippen molar-refractivity contribution < 1.29 is 19.4 Å². The number of hydrogen-bond donors (Lipinski definition) is 2. The molecule has 1 aromatic heterocycles. The van der Waals surface area contributed by atoms with Crippen molar-refractivity contribution in [2.75, 3.05) is 0 Å². The van der Waals surface area contributed by atoms with Gasteiger partial charge in [0.25, 0.3) is 0 Å². The van der Waals surface area contributed by atoms with Gasteiger partial charge in [-0.1, -0.05) is 17.8 Å². The van der Waals surface area contributed by atoms with Crippen LogP contribution in [-0.2, 0) is 6.42 Å². The highest BCUT2D eigenvalue weighted by molar-refractivity contribution is 9.11. The lowest BCUT2D eigenvalue weighted by atomic mass is 9.73. The van der Waals surface area contributed by atoms with E-state index in [1.807, 2.05) is 6.92 Å². The highest BCUT2D eigenvalue weighted by Crippen LogP contribution is 2.35. The molecule has 0 spiro atoms. The highest BCUT2D eigenvalue weighted by atomic mass is 79.9. The molecule has 0 amide bonds. The summed E-state index contributed by atoms with van der Waals surface area (Å²) >= 11 is 6.42. The number of aromatic hydroxyl groups is 2. The molecule has 0 aliphatic rings. The molecule has 1 heterocycles. The van der Waals surface area contributed by atoms with Gasteiger partial charge in [0, 0.05) is 17.4 Å². The lowest BCUT2D eigenvalue weighted by Crippen LogP contribution is -2.32. The maximum Gasteiger partial charge on any atom is 0.197 e. The predicted octanol–water partition coefficient (Wildman–Crippen LogP) is 1.54. The van der Waals surface area contributed by atoms with E-state index in [4.69, 9.17) is 28.0 Å². The second kappa shape index (κ2) is 6.85. The Bertz CT molecular complexity index is 1050. The van der Waals surface area contributed by atoms with Crippen molar-refractivity contribution in [3.8, 4) is 11.5 Å². The zero-order valence-corrected chi connectivity index (χ0v) is 16.7. The molecule has 2 N–H and O–H groups in total. The third-order valence-corrected chi connectivity index (χ3v) is 5.33.